The predicted molar refractivity (Wildman–Crippen MR) is 69.6 cm³/mol. The highest BCUT2D eigenvalue weighted by atomic mass is 32.1. The molecule has 6 nitrogen and oxygen atoms in total. The molecule has 0 aromatic carbocycles. The molecule has 0 radical (unpaired) electrons. The molecule has 1 aromatic heterocycles. The summed E-state index contributed by atoms with van der Waals surface area (Å²) in [5.41, 5.74) is 6.41. The number of esters is 1. The van der Waals surface area contributed by atoms with Crippen LogP contribution in [0.5, 0.6) is 0 Å². The Morgan fingerprint density at radius 2 is 2.22 bits per heavy atom. The van der Waals surface area contributed by atoms with Crippen molar-refractivity contribution in [1.82, 2.24) is 4.98 Å². The van der Waals surface area contributed by atoms with E-state index in [-0.39, 0.29) is 12.1 Å². The summed E-state index contributed by atoms with van der Waals surface area (Å²) in [5.74, 6) is -0.883. The molecule has 0 bridgehead atoms. The molecule has 18 heavy (non-hydrogen) atoms. The summed E-state index contributed by atoms with van der Waals surface area (Å²) in [6.07, 6.45) is 0.160. The molecule has 7 heteroatoms. The number of nitrogens with one attached hydrogen (secondary N) is 1. The van der Waals surface area contributed by atoms with E-state index in [4.69, 9.17) is 10.5 Å². The first-order chi connectivity index (χ1) is 8.35. The average Bonchev–Trinajstić information content (AvgIpc) is 2.62. The number of anilines is 1. The minimum atomic E-state index is -0.542. The summed E-state index contributed by atoms with van der Waals surface area (Å²) in [6, 6.07) is 0. The van der Waals surface area contributed by atoms with Gasteiger partial charge >= 0.3 is 5.97 Å². The number of carbonyl (C=O) groups excluding carboxylic acids is 2. The summed E-state index contributed by atoms with van der Waals surface area (Å²) in [4.78, 5) is 26.5. The Labute approximate surface area is 110 Å². The number of primary amides is 1. The van der Waals surface area contributed by atoms with Crippen molar-refractivity contribution in [1.29, 1.82) is 0 Å². The molecule has 0 unspecified atom stereocenters. The molecule has 0 saturated heterocycles. The van der Waals surface area contributed by atoms with Gasteiger partial charge in [0, 0.05) is 12.0 Å². The quantitative estimate of drug-likeness (QED) is 0.762. The number of hydrogen-bond donors (Lipinski definition) is 2. The van der Waals surface area contributed by atoms with Gasteiger partial charge in [0.15, 0.2) is 5.69 Å². The summed E-state index contributed by atoms with van der Waals surface area (Å²) in [5, 5.41) is 3.67. The van der Waals surface area contributed by atoms with E-state index < -0.39 is 17.4 Å². The van der Waals surface area contributed by atoms with E-state index in [1.54, 1.807) is 12.4 Å². The predicted octanol–water partition coefficient (Wildman–Crippen LogP) is 1.39. The van der Waals surface area contributed by atoms with Crippen LogP contribution < -0.4 is 11.1 Å². The summed E-state index contributed by atoms with van der Waals surface area (Å²) in [7, 11) is 0. The monoisotopic (exact) mass is 271 g/mol. The minimum Gasteiger partial charge on any atom is -0.461 e. The zero-order valence-corrected chi connectivity index (χ0v) is 11.5. The highest BCUT2D eigenvalue weighted by molar-refractivity contribution is 7.14. The van der Waals surface area contributed by atoms with Crippen LogP contribution in [0.1, 0.15) is 37.7 Å². The zero-order valence-electron chi connectivity index (χ0n) is 10.6. The largest absolute Gasteiger partial charge is 0.461 e. The van der Waals surface area contributed by atoms with E-state index in [1.807, 2.05) is 13.8 Å². The van der Waals surface area contributed by atoms with Gasteiger partial charge in [0.05, 0.1) is 12.1 Å². The summed E-state index contributed by atoms with van der Waals surface area (Å²) >= 11 is 1.28. The molecule has 3 N–H and O–H groups in total. The van der Waals surface area contributed by atoms with Crippen LogP contribution in [0, 0.1) is 0 Å². The topological polar surface area (TPSA) is 94.3 Å². The number of nitrogens with zero attached hydrogens (tertiary/aromatic N) is 1. The van der Waals surface area contributed by atoms with E-state index in [0.29, 0.717) is 11.6 Å². The molecule has 1 rings (SSSR count). The first-order valence-electron chi connectivity index (χ1n) is 5.53. The van der Waals surface area contributed by atoms with Gasteiger partial charge in [0.2, 0.25) is 5.91 Å². The third-order valence-corrected chi connectivity index (χ3v) is 2.85. The lowest BCUT2D eigenvalue weighted by Crippen LogP contribution is -2.36. The minimum absolute atomic E-state index is 0.160. The fourth-order valence-corrected chi connectivity index (χ4v) is 2.31. The van der Waals surface area contributed by atoms with Crippen molar-refractivity contribution >= 4 is 28.2 Å². The zero-order chi connectivity index (χ0) is 13.8. The Morgan fingerprint density at radius 3 is 2.78 bits per heavy atom. The van der Waals surface area contributed by atoms with Gasteiger partial charge in [-0.1, -0.05) is 0 Å². The molecular formula is C11H17N3O3S. The van der Waals surface area contributed by atoms with E-state index in [2.05, 4.69) is 10.3 Å². The number of carbonyl (C=O) groups is 2. The lowest BCUT2D eigenvalue weighted by atomic mass is 10.0. The van der Waals surface area contributed by atoms with Crippen LogP contribution in [0.25, 0.3) is 0 Å². The molecule has 100 valence electrons. The molecule has 1 amide bonds. The fourth-order valence-electron chi connectivity index (χ4n) is 1.47. The van der Waals surface area contributed by atoms with Crippen LogP contribution >= 0.6 is 11.3 Å². The smallest absolute Gasteiger partial charge is 0.360 e. The van der Waals surface area contributed by atoms with Crippen LogP contribution in [0.2, 0.25) is 0 Å². The third-order valence-electron chi connectivity index (χ3n) is 2.10. The van der Waals surface area contributed by atoms with Crippen LogP contribution in [0.15, 0.2) is 5.51 Å². The number of rotatable bonds is 6. The Morgan fingerprint density at radius 1 is 1.56 bits per heavy atom. The Balaban J connectivity index is 2.82. The number of amides is 1. The van der Waals surface area contributed by atoms with Gasteiger partial charge in [-0.05, 0) is 20.8 Å². The molecule has 0 spiro atoms. The molecule has 0 aliphatic rings. The van der Waals surface area contributed by atoms with Crippen molar-refractivity contribution in [2.24, 2.45) is 5.73 Å². The van der Waals surface area contributed by atoms with E-state index in [1.165, 1.54) is 11.3 Å². The first kappa shape index (κ1) is 14.4. The molecule has 0 aliphatic carbocycles. The molecule has 1 heterocycles. The fraction of sp³-hybridized carbons (Fsp3) is 0.545. The highest BCUT2D eigenvalue weighted by Crippen LogP contribution is 2.26. The molecule has 0 aliphatic heterocycles. The van der Waals surface area contributed by atoms with Gasteiger partial charge in [-0.3, -0.25) is 4.79 Å². The van der Waals surface area contributed by atoms with Crippen LogP contribution in [0.4, 0.5) is 5.00 Å². The highest BCUT2D eigenvalue weighted by Gasteiger charge is 2.25. The molecule has 0 saturated carbocycles. The number of aromatic nitrogens is 1. The van der Waals surface area contributed by atoms with Crippen molar-refractivity contribution in [3.05, 3.63) is 11.2 Å². The molecule has 0 fully saturated rings. The normalized spacial score (nSPS) is 11.1. The maximum atomic E-state index is 11.6. The summed E-state index contributed by atoms with van der Waals surface area (Å²) < 4.78 is 4.90. The average molecular weight is 271 g/mol. The molecular weight excluding hydrogens is 254 g/mol. The van der Waals surface area contributed by atoms with Crippen LogP contribution in [0.3, 0.4) is 0 Å². The van der Waals surface area contributed by atoms with E-state index in [9.17, 15) is 9.59 Å². The van der Waals surface area contributed by atoms with Gasteiger partial charge in [-0.15, -0.1) is 11.3 Å². The van der Waals surface area contributed by atoms with Gasteiger partial charge < -0.3 is 15.8 Å². The lowest BCUT2D eigenvalue weighted by Gasteiger charge is -2.25. The van der Waals surface area contributed by atoms with Crippen molar-refractivity contribution in [3.8, 4) is 0 Å². The van der Waals surface area contributed by atoms with Gasteiger partial charge in [-0.25, -0.2) is 9.78 Å². The number of ether oxygens (including phenoxy) is 1. The Bertz CT molecular complexity index is 442. The second kappa shape index (κ2) is 5.81. The number of hydrogen-bond acceptors (Lipinski definition) is 6. The number of nitrogens with two attached hydrogens (primary N) is 1. The standard InChI is InChI=1S/C11H17N3O3S/c1-4-17-10(16)8-9(18-6-13-8)14-11(2,3)5-7(12)15/h6,14H,4-5H2,1-3H3,(H2,12,15). The lowest BCUT2D eigenvalue weighted by molar-refractivity contribution is -0.118. The van der Waals surface area contributed by atoms with Crippen molar-refractivity contribution in [2.45, 2.75) is 32.7 Å². The summed E-state index contributed by atoms with van der Waals surface area (Å²) in [6.45, 7) is 5.67. The SMILES string of the molecule is CCOC(=O)c1ncsc1NC(C)(C)CC(N)=O. The van der Waals surface area contributed by atoms with E-state index >= 15 is 0 Å². The Kier molecular flexibility index (Phi) is 4.66. The first-order valence-corrected chi connectivity index (χ1v) is 6.41. The Hall–Kier alpha value is -1.63. The maximum Gasteiger partial charge on any atom is 0.360 e. The number of thiazole rings is 1. The van der Waals surface area contributed by atoms with Gasteiger partial charge in [0.25, 0.3) is 0 Å². The van der Waals surface area contributed by atoms with Crippen molar-refractivity contribution < 1.29 is 14.3 Å². The van der Waals surface area contributed by atoms with Crippen LogP contribution in [-0.4, -0.2) is 29.0 Å². The van der Waals surface area contributed by atoms with Gasteiger partial charge in [-0.2, -0.15) is 0 Å². The molecule has 0 atom stereocenters. The van der Waals surface area contributed by atoms with Crippen molar-refractivity contribution in [3.63, 3.8) is 0 Å². The van der Waals surface area contributed by atoms with Crippen LogP contribution in [-0.2, 0) is 9.53 Å². The third kappa shape index (κ3) is 3.99. The second-order valence-electron chi connectivity index (χ2n) is 4.40. The molecule has 1 aromatic rings. The maximum absolute atomic E-state index is 11.6. The van der Waals surface area contributed by atoms with Crippen molar-refractivity contribution in [2.75, 3.05) is 11.9 Å². The van der Waals surface area contributed by atoms with Gasteiger partial charge in [0.1, 0.15) is 5.00 Å². The second-order valence-corrected chi connectivity index (χ2v) is 5.26. The van der Waals surface area contributed by atoms with E-state index in [0.717, 1.165) is 0 Å².